The number of nitrogens with one attached hydrogen (secondary N) is 2. The van der Waals surface area contributed by atoms with Crippen LogP contribution in [0.15, 0.2) is 24.3 Å². The Balaban J connectivity index is 1.50. The highest BCUT2D eigenvalue weighted by molar-refractivity contribution is 5.90. The Morgan fingerprint density at radius 1 is 1.11 bits per heavy atom. The molecule has 3 amide bonds. The first-order valence-corrected chi connectivity index (χ1v) is 10.7. The van der Waals surface area contributed by atoms with Crippen molar-refractivity contribution in [1.82, 2.24) is 15.1 Å². The zero-order chi connectivity index (χ0) is 19.9. The molecule has 2 saturated heterocycles. The van der Waals surface area contributed by atoms with Crippen LogP contribution in [0, 0.1) is 18.8 Å². The molecule has 0 radical (unpaired) electrons. The molecule has 1 aromatic carbocycles. The van der Waals surface area contributed by atoms with Gasteiger partial charge in [0.2, 0.25) is 5.91 Å². The van der Waals surface area contributed by atoms with Crippen molar-refractivity contribution < 1.29 is 9.59 Å². The summed E-state index contributed by atoms with van der Waals surface area (Å²) in [5.41, 5.74) is 1.92. The summed E-state index contributed by atoms with van der Waals surface area (Å²) in [6.45, 7) is 9.12. The molecule has 1 unspecified atom stereocenters. The summed E-state index contributed by atoms with van der Waals surface area (Å²) in [6, 6.07) is 7.70. The number of piperidine rings is 2. The van der Waals surface area contributed by atoms with Crippen molar-refractivity contribution in [2.24, 2.45) is 11.8 Å². The molecule has 2 aliphatic heterocycles. The van der Waals surface area contributed by atoms with Gasteiger partial charge in [-0.15, -0.1) is 0 Å². The van der Waals surface area contributed by atoms with Crippen molar-refractivity contribution >= 4 is 17.6 Å². The van der Waals surface area contributed by atoms with Crippen LogP contribution in [0.2, 0.25) is 0 Å². The van der Waals surface area contributed by atoms with Crippen LogP contribution < -0.4 is 10.6 Å². The summed E-state index contributed by atoms with van der Waals surface area (Å²) in [5.74, 6) is 0.837. The normalized spacial score (nSPS) is 20.9. The van der Waals surface area contributed by atoms with Gasteiger partial charge in [0.1, 0.15) is 0 Å². The fourth-order valence-electron chi connectivity index (χ4n) is 4.25. The first-order chi connectivity index (χ1) is 13.6. The summed E-state index contributed by atoms with van der Waals surface area (Å²) in [6.07, 6.45) is 3.91. The lowest BCUT2D eigenvalue weighted by Gasteiger charge is -2.38. The van der Waals surface area contributed by atoms with Crippen LogP contribution in [0.5, 0.6) is 0 Å². The number of carbonyl (C=O) groups excluding carboxylic acids is 2. The molecule has 1 atom stereocenters. The average molecular weight is 387 g/mol. The first-order valence-electron chi connectivity index (χ1n) is 10.7. The van der Waals surface area contributed by atoms with E-state index in [4.69, 9.17) is 0 Å². The Kier molecular flexibility index (Phi) is 7.31. The van der Waals surface area contributed by atoms with Gasteiger partial charge in [-0.2, -0.15) is 0 Å². The third-order valence-corrected chi connectivity index (χ3v) is 5.94. The minimum Gasteiger partial charge on any atom is -0.342 e. The van der Waals surface area contributed by atoms with E-state index in [0.29, 0.717) is 19.0 Å². The minimum atomic E-state index is -0.104. The van der Waals surface area contributed by atoms with E-state index in [-0.39, 0.29) is 17.9 Å². The van der Waals surface area contributed by atoms with Gasteiger partial charge in [0.05, 0.1) is 5.92 Å². The van der Waals surface area contributed by atoms with Crippen molar-refractivity contribution in [3.63, 3.8) is 0 Å². The molecule has 1 aromatic rings. The predicted octanol–water partition coefficient (Wildman–Crippen LogP) is 3.09. The molecule has 3 rings (SSSR count). The van der Waals surface area contributed by atoms with Crippen molar-refractivity contribution in [2.75, 3.05) is 44.6 Å². The lowest BCUT2D eigenvalue weighted by Crippen LogP contribution is -2.49. The SMILES string of the molecule is CCNCC1CCN(C(=O)C2CCCN(C(=O)Nc3cccc(C)c3)C2)CC1. The summed E-state index contributed by atoms with van der Waals surface area (Å²) in [7, 11) is 0. The Morgan fingerprint density at radius 3 is 2.61 bits per heavy atom. The zero-order valence-corrected chi connectivity index (χ0v) is 17.2. The summed E-state index contributed by atoms with van der Waals surface area (Å²) in [5, 5.41) is 6.38. The maximum absolute atomic E-state index is 13.0. The lowest BCUT2D eigenvalue weighted by molar-refractivity contribution is -0.138. The Morgan fingerprint density at radius 2 is 1.89 bits per heavy atom. The number of urea groups is 1. The van der Waals surface area contributed by atoms with E-state index in [0.717, 1.165) is 63.1 Å². The maximum Gasteiger partial charge on any atom is 0.321 e. The third kappa shape index (κ3) is 5.47. The van der Waals surface area contributed by atoms with Gasteiger partial charge in [-0.1, -0.05) is 19.1 Å². The molecule has 0 spiro atoms. The molecular formula is C22H34N4O2. The van der Waals surface area contributed by atoms with Crippen LogP contribution >= 0.6 is 0 Å². The van der Waals surface area contributed by atoms with Gasteiger partial charge in [0.15, 0.2) is 0 Å². The molecule has 0 aromatic heterocycles. The Labute approximate surface area is 168 Å². The number of rotatable bonds is 5. The number of hydrogen-bond donors (Lipinski definition) is 2. The highest BCUT2D eigenvalue weighted by Gasteiger charge is 2.32. The van der Waals surface area contributed by atoms with E-state index in [9.17, 15) is 9.59 Å². The molecule has 2 aliphatic rings. The van der Waals surface area contributed by atoms with Crippen LogP contribution in [0.1, 0.15) is 38.2 Å². The van der Waals surface area contributed by atoms with E-state index >= 15 is 0 Å². The number of nitrogens with zero attached hydrogens (tertiary/aromatic N) is 2. The molecule has 0 aliphatic carbocycles. The molecular weight excluding hydrogens is 352 g/mol. The van der Waals surface area contributed by atoms with Gasteiger partial charge >= 0.3 is 6.03 Å². The Hall–Kier alpha value is -2.08. The number of aryl methyl sites for hydroxylation is 1. The first kappa shape index (κ1) is 20.6. The summed E-state index contributed by atoms with van der Waals surface area (Å²) < 4.78 is 0. The van der Waals surface area contributed by atoms with Gasteiger partial charge in [-0.25, -0.2) is 4.79 Å². The molecule has 28 heavy (non-hydrogen) atoms. The van der Waals surface area contributed by atoms with Gasteiger partial charge in [-0.05, 0) is 69.3 Å². The highest BCUT2D eigenvalue weighted by Crippen LogP contribution is 2.23. The second kappa shape index (κ2) is 9.92. The minimum absolute atomic E-state index is 0.0673. The summed E-state index contributed by atoms with van der Waals surface area (Å²) in [4.78, 5) is 29.5. The number of likely N-dealkylation sites (tertiary alicyclic amines) is 2. The molecule has 0 saturated carbocycles. The second-order valence-corrected chi connectivity index (χ2v) is 8.16. The topological polar surface area (TPSA) is 64.7 Å². The fourth-order valence-corrected chi connectivity index (χ4v) is 4.25. The second-order valence-electron chi connectivity index (χ2n) is 8.16. The largest absolute Gasteiger partial charge is 0.342 e. The van der Waals surface area contributed by atoms with E-state index in [1.807, 2.05) is 36.1 Å². The highest BCUT2D eigenvalue weighted by atomic mass is 16.2. The molecule has 2 heterocycles. The number of benzene rings is 1. The predicted molar refractivity (Wildman–Crippen MR) is 112 cm³/mol. The summed E-state index contributed by atoms with van der Waals surface area (Å²) >= 11 is 0. The van der Waals surface area contributed by atoms with Gasteiger partial charge in [0.25, 0.3) is 0 Å². The lowest BCUT2D eigenvalue weighted by atomic mass is 9.93. The van der Waals surface area contributed by atoms with Gasteiger partial charge < -0.3 is 20.4 Å². The monoisotopic (exact) mass is 386 g/mol. The van der Waals surface area contributed by atoms with E-state index in [1.54, 1.807) is 4.90 Å². The zero-order valence-electron chi connectivity index (χ0n) is 17.2. The quantitative estimate of drug-likeness (QED) is 0.817. The molecule has 154 valence electrons. The van der Waals surface area contributed by atoms with Crippen LogP contribution in [0.3, 0.4) is 0 Å². The number of amides is 3. The third-order valence-electron chi connectivity index (χ3n) is 5.94. The number of hydrogen-bond acceptors (Lipinski definition) is 3. The van der Waals surface area contributed by atoms with E-state index in [1.165, 1.54) is 0 Å². The van der Waals surface area contributed by atoms with Crippen LogP contribution in [-0.4, -0.2) is 61.0 Å². The standard InChI is InChI=1S/C22H34N4O2/c1-3-23-15-18-9-12-25(13-10-18)21(27)19-7-5-11-26(16-19)22(28)24-20-8-4-6-17(2)14-20/h4,6,8,14,18-19,23H,3,5,7,9-13,15-16H2,1-2H3,(H,24,28). The van der Waals surface area contributed by atoms with Crippen molar-refractivity contribution in [1.29, 1.82) is 0 Å². The van der Waals surface area contributed by atoms with Crippen molar-refractivity contribution in [2.45, 2.75) is 39.5 Å². The Bertz CT molecular complexity index is 670. The smallest absolute Gasteiger partial charge is 0.321 e. The number of anilines is 1. The van der Waals surface area contributed by atoms with Crippen LogP contribution in [0.4, 0.5) is 10.5 Å². The van der Waals surface area contributed by atoms with Gasteiger partial charge in [0, 0.05) is 31.9 Å². The molecule has 6 heteroatoms. The molecule has 0 bridgehead atoms. The molecule has 2 fully saturated rings. The number of carbonyl (C=O) groups is 2. The van der Waals surface area contributed by atoms with Crippen LogP contribution in [0.25, 0.3) is 0 Å². The van der Waals surface area contributed by atoms with Crippen molar-refractivity contribution in [3.8, 4) is 0 Å². The maximum atomic E-state index is 13.0. The van der Waals surface area contributed by atoms with Crippen LogP contribution in [-0.2, 0) is 4.79 Å². The van der Waals surface area contributed by atoms with Crippen molar-refractivity contribution in [3.05, 3.63) is 29.8 Å². The average Bonchev–Trinajstić information content (AvgIpc) is 2.72. The van der Waals surface area contributed by atoms with Gasteiger partial charge in [-0.3, -0.25) is 4.79 Å². The molecule has 2 N–H and O–H groups in total. The van der Waals surface area contributed by atoms with E-state index in [2.05, 4.69) is 17.6 Å². The molecule has 6 nitrogen and oxygen atoms in total. The van der Waals surface area contributed by atoms with E-state index < -0.39 is 0 Å². The fraction of sp³-hybridized carbons (Fsp3) is 0.636.